The molecule has 1 aromatic carbocycles. The van der Waals surface area contributed by atoms with Gasteiger partial charge in [-0.25, -0.2) is 8.42 Å². The molecule has 140 valence electrons. The first kappa shape index (κ1) is 18.6. The van der Waals surface area contributed by atoms with Crippen LogP contribution < -0.4 is 0 Å². The van der Waals surface area contributed by atoms with Gasteiger partial charge in [0.25, 0.3) is 5.91 Å². The lowest BCUT2D eigenvalue weighted by molar-refractivity contribution is 0.0754. The third kappa shape index (κ3) is 3.66. The monoisotopic (exact) mass is 377 g/mol. The van der Waals surface area contributed by atoms with E-state index in [0.717, 1.165) is 11.1 Å². The molecule has 0 unspecified atom stereocenters. The second-order valence-electron chi connectivity index (χ2n) is 6.62. The van der Waals surface area contributed by atoms with Crippen LogP contribution in [0.3, 0.4) is 0 Å². The predicted octanol–water partition coefficient (Wildman–Crippen LogP) is 2.14. The van der Waals surface area contributed by atoms with Gasteiger partial charge in [-0.3, -0.25) is 4.79 Å². The average molecular weight is 377 g/mol. The molecule has 0 radical (unpaired) electrons. The Bertz CT molecular complexity index is 920. The Labute approximate surface area is 153 Å². The van der Waals surface area contributed by atoms with Crippen LogP contribution in [0.4, 0.5) is 0 Å². The van der Waals surface area contributed by atoms with E-state index in [1.54, 1.807) is 30.0 Å². The molecule has 1 aliphatic heterocycles. The van der Waals surface area contributed by atoms with E-state index in [1.165, 1.54) is 4.31 Å². The van der Waals surface area contributed by atoms with Crippen molar-refractivity contribution in [3.63, 3.8) is 0 Å². The van der Waals surface area contributed by atoms with Gasteiger partial charge >= 0.3 is 0 Å². The molecule has 1 fully saturated rings. The molecule has 26 heavy (non-hydrogen) atoms. The fourth-order valence-corrected chi connectivity index (χ4v) is 4.55. The Morgan fingerprint density at radius 3 is 2.46 bits per heavy atom. The summed E-state index contributed by atoms with van der Waals surface area (Å²) in [7, 11) is -3.57. The van der Waals surface area contributed by atoms with Crippen LogP contribution in [0.1, 0.15) is 33.8 Å². The smallest absolute Gasteiger partial charge is 0.276 e. The van der Waals surface area contributed by atoms with Crippen molar-refractivity contribution in [3.8, 4) is 0 Å². The Hall–Kier alpha value is -2.19. The molecule has 2 heterocycles. The van der Waals surface area contributed by atoms with Gasteiger partial charge in [0.15, 0.2) is 5.69 Å². The Kier molecular flexibility index (Phi) is 5.15. The SMILES string of the molecule is Cc1cc(C(=O)N2CCCN(S(=O)(=O)c3ccc(C)c(C)c3)CC2)no1. The molecule has 0 bridgehead atoms. The molecular weight excluding hydrogens is 354 g/mol. The maximum absolute atomic E-state index is 12.9. The standard InChI is InChI=1S/C18H23N3O4S/c1-13-5-6-16(11-14(13)2)26(23,24)21-8-4-7-20(9-10-21)18(22)17-12-15(3)25-19-17/h5-6,11-12H,4,7-10H2,1-3H3. The van der Waals surface area contributed by atoms with Gasteiger partial charge in [-0.15, -0.1) is 0 Å². The molecule has 1 saturated heterocycles. The van der Waals surface area contributed by atoms with E-state index in [2.05, 4.69) is 5.16 Å². The minimum Gasteiger partial charge on any atom is -0.361 e. The summed E-state index contributed by atoms with van der Waals surface area (Å²) in [6.07, 6.45) is 0.576. The summed E-state index contributed by atoms with van der Waals surface area (Å²) in [5, 5.41) is 3.76. The number of carbonyl (C=O) groups is 1. The lowest BCUT2D eigenvalue weighted by Gasteiger charge is -2.21. The van der Waals surface area contributed by atoms with Crippen molar-refractivity contribution >= 4 is 15.9 Å². The molecular formula is C18H23N3O4S. The lowest BCUT2D eigenvalue weighted by Crippen LogP contribution is -2.37. The molecule has 1 aliphatic rings. The van der Waals surface area contributed by atoms with Crippen LogP contribution in [-0.4, -0.2) is 54.9 Å². The second kappa shape index (κ2) is 7.20. The van der Waals surface area contributed by atoms with Gasteiger partial charge in [0, 0.05) is 32.2 Å². The van der Waals surface area contributed by atoms with Crippen LogP contribution in [0.2, 0.25) is 0 Å². The van der Waals surface area contributed by atoms with Crippen molar-refractivity contribution in [2.75, 3.05) is 26.2 Å². The third-order valence-electron chi connectivity index (χ3n) is 4.71. The van der Waals surface area contributed by atoms with Gasteiger partial charge in [-0.2, -0.15) is 4.31 Å². The summed E-state index contributed by atoms with van der Waals surface area (Å²) in [6.45, 7) is 7.04. The van der Waals surface area contributed by atoms with E-state index in [1.807, 2.05) is 19.9 Å². The zero-order valence-electron chi connectivity index (χ0n) is 15.2. The molecule has 7 nitrogen and oxygen atoms in total. The van der Waals surface area contributed by atoms with E-state index in [-0.39, 0.29) is 18.1 Å². The first-order valence-corrected chi connectivity index (χ1v) is 10.0. The number of amides is 1. The maximum atomic E-state index is 12.9. The Morgan fingerprint density at radius 1 is 1.04 bits per heavy atom. The lowest BCUT2D eigenvalue weighted by atomic mass is 10.1. The quantitative estimate of drug-likeness (QED) is 0.818. The van der Waals surface area contributed by atoms with E-state index in [4.69, 9.17) is 4.52 Å². The van der Waals surface area contributed by atoms with Gasteiger partial charge in [-0.1, -0.05) is 11.2 Å². The summed E-state index contributed by atoms with van der Waals surface area (Å²) >= 11 is 0. The fourth-order valence-electron chi connectivity index (χ4n) is 2.99. The van der Waals surface area contributed by atoms with Crippen LogP contribution in [0.25, 0.3) is 0 Å². The molecule has 8 heteroatoms. The number of sulfonamides is 1. The molecule has 1 aromatic heterocycles. The first-order chi connectivity index (χ1) is 12.3. The van der Waals surface area contributed by atoms with Crippen molar-refractivity contribution in [2.45, 2.75) is 32.1 Å². The van der Waals surface area contributed by atoms with Crippen molar-refractivity contribution in [3.05, 3.63) is 46.8 Å². The van der Waals surface area contributed by atoms with E-state index in [9.17, 15) is 13.2 Å². The van der Waals surface area contributed by atoms with Gasteiger partial charge in [-0.05, 0) is 50.5 Å². The number of aromatic nitrogens is 1. The van der Waals surface area contributed by atoms with E-state index >= 15 is 0 Å². The molecule has 0 saturated carbocycles. The van der Waals surface area contributed by atoms with Gasteiger partial charge in [0.1, 0.15) is 5.76 Å². The highest BCUT2D eigenvalue weighted by molar-refractivity contribution is 7.89. The molecule has 0 spiro atoms. The zero-order valence-corrected chi connectivity index (χ0v) is 16.0. The highest BCUT2D eigenvalue weighted by Crippen LogP contribution is 2.21. The van der Waals surface area contributed by atoms with Gasteiger partial charge in [0.2, 0.25) is 10.0 Å². The van der Waals surface area contributed by atoms with Crippen LogP contribution in [0.15, 0.2) is 33.7 Å². The van der Waals surface area contributed by atoms with Crippen molar-refractivity contribution in [2.24, 2.45) is 0 Å². The molecule has 0 aliphatic carbocycles. The van der Waals surface area contributed by atoms with Crippen LogP contribution >= 0.6 is 0 Å². The van der Waals surface area contributed by atoms with E-state index in [0.29, 0.717) is 36.7 Å². The molecule has 2 aromatic rings. The van der Waals surface area contributed by atoms with Gasteiger partial charge < -0.3 is 9.42 Å². The summed E-state index contributed by atoms with van der Waals surface area (Å²) in [6, 6.07) is 6.76. The zero-order chi connectivity index (χ0) is 18.9. The normalized spacial score (nSPS) is 16.5. The number of rotatable bonds is 3. The Morgan fingerprint density at radius 2 is 1.81 bits per heavy atom. The average Bonchev–Trinajstić information content (AvgIpc) is 2.88. The van der Waals surface area contributed by atoms with E-state index < -0.39 is 10.0 Å². The van der Waals surface area contributed by atoms with Crippen molar-refractivity contribution in [1.29, 1.82) is 0 Å². The predicted molar refractivity (Wildman–Crippen MR) is 96.4 cm³/mol. The third-order valence-corrected chi connectivity index (χ3v) is 6.60. The number of hydrogen-bond acceptors (Lipinski definition) is 5. The highest BCUT2D eigenvalue weighted by atomic mass is 32.2. The summed E-state index contributed by atoms with van der Waals surface area (Å²) in [5.41, 5.74) is 2.26. The molecule has 3 rings (SSSR count). The number of carbonyl (C=O) groups excluding carboxylic acids is 1. The van der Waals surface area contributed by atoms with Crippen LogP contribution in [-0.2, 0) is 10.0 Å². The minimum absolute atomic E-state index is 0.229. The molecule has 0 atom stereocenters. The summed E-state index contributed by atoms with van der Waals surface area (Å²) in [4.78, 5) is 14.4. The van der Waals surface area contributed by atoms with Crippen molar-refractivity contribution in [1.82, 2.24) is 14.4 Å². The van der Waals surface area contributed by atoms with Crippen LogP contribution in [0.5, 0.6) is 0 Å². The van der Waals surface area contributed by atoms with Gasteiger partial charge in [0.05, 0.1) is 4.90 Å². The summed E-state index contributed by atoms with van der Waals surface area (Å²) in [5.74, 6) is 0.342. The Balaban J connectivity index is 1.75. The fraction of sp³-hybridized carbons (Fsp3) is 0.444. The molecule has 1 amide bonds. The minimum atomic E-state index is -3.57. The topological polar surface area (TPSA) is 83.7 Å². The van der Waals surface area contributed by atoms with Crippen molar-refractivity contribution < 1.29 is 17.7 Å². The number of nitrogens with zero attached hydrogens (tertiary/aromatic N) is 3. The first-order valence-electron chi connectivity index (χ1n) is 8.59. The summed E-state index contributed by atoms with van der Waals surface area (Å²) < 4.78 is 32.3. The maximum Gasteiger partial charge on any atom is 0.276 e. The second-order valence-corrected chi connectivity index (χ2v) is 8.56. The number of benzene rings is 1. The highest BCUT2D eigenvalue weighted by Gasteiger charge is 2.29. The number of aryl methyl sites for hydroxylation is 3. The van der Waals surface area contributed by atoms with Crippen LogP contribution in [0, 0.1) is 20.8 Å². The number of hydrogen-bond donors (Lipinski definition) is 0. The molecule has 0 N–H and O–H groups in total. The largest absolute Gasteiger partial charge is 0.361 e.